The molecule has 17 heteroatoms. The van der Waals surface area contributed by atoms with Gasteiger partial charge in [-0.3, -0.25) is 0 Å². The van der Waals surface area contributed by atoms with Gasteiger partial charge in [-0.05, 0) is 202 Å². The van der Waals surface area contributed by atoms with Gasteiger partial charge in [-0.1, -0.05) is 84.9 Å². The molecule has 0 radical (unpaired) electrons. The zero-order valence-corrected chi connectivity index (χ0v) is 59.5. The summed E-state index contributed by atoms with van der Waals surface area (Å²) in [5.41, 5.74) is 18.9. The van der Waals surface area contributed by atoms with Crippen molar-refractivity contribution < 1.29 is 32.7 Å². The van der Waals surface area contributed by atoms with Crippen LogP contribution in [-0.2, 0) is 0 Å². The van der Waals surface area contributed by atoms with E-state index in [4.69, 9.17) is 32.7 Å². The highest BCUT2D eigenvalue weighted by molar-refractivity contribution is 6.14. The standard InChI is InChI=1S/2C23H23N3O.C21H19N3O.C20H18N4O/c2*1-14(2)25-16(4)26(20-10-6-5-9-19(20)25)21-15(3)11-12-17-18-8-7-13-24-23(18)27-22(17)21;1-13-10-11-15-16-7-6-12-22-21(16)25-20(15)19(13)24-14(2)23(3)17-8-4-5-9-18(17)24;1-12-8-9-14-15-6-4-11-22-20(15)25-18(14)17(12)24-13(2)23(3)16-7-5-10-21-19(16)24/h2*5-14,16H,1-4H3;4-12,14H,1-3H3;4-11,13H,1-3H3/i1D3,14D;14D;2*3D3. The third-order valence-corrected chi connectivity index (χ3v) is 20.6. The van der Waals surface area contributed by atoms with Crippen molar-refractivity contribution in [2.24, 2.45) is 0 Å². The van der Waals surface area contributed by atoms with Crippen molar-refractivity contribution in [2.75, 3.05) is 53.2 Å². The normalized spacial score (nSPS) is 19.4. The van der Waals surface area contributed by atoms with Crippen LogP contribution >= 0.6 is 0 Å². The van der Waals surface area contributed by atoms with E-state index >= 15 is 0 Å². The lowest BCUT2D eigenvalue weighted by atomic mass is 10.1. The summed E-state index contributed by atoms with van der Waals surface area (Å²) in [4.78, 5) is 37.1. The predicted octanol–water partition coefficient (Wildman–Crippen LogP) is 21.8. The molecule has 0 saturated carbocycles. The first-order chi connectivity index (χ1) is 54.8. The molecule has 0 saturated heterocycles. The lowest BCUT2D eigenvalue weighted by Crippen LogP contribution is -2.42. The van der Waals surface area contributed by atoms with Crippen LogP contribution in [0.15, 0.2) is 231 Å². The van der Waals surface area contributed by atoms with Gasteiger partial charge in [0.15, 0.2) is 28.1 Å². The number of aryl methyl sites for hydroxylation is 4. The molecule has 4 aliphatic heterocycles. The molecule has 9 aromatic heterocycles. The molecule has 104 heavy (non-hydrogen) atoms. The number of anilines is 12. The van der Waals surface area contributed by atoms with Crippen molar-refractivity contribution in [1.29, 1.82) is 0 Å². The van der Waals surface area contributed by atoms with Crippen molar-refractivity contribution in [3.63, 3.8) is 0 Å². The van der Waals surface area contributed by atoms with Crippen molar-refractivity contribution in [3.05, 3.63) is 235 Å². The molecule has 520 valence electrons. The highest BCUT2D eigenvalue weighted by Crippen LogP contribution is 2.53. The fourth-order valence-corrected chi connectivity index (χ4v) is 15.9. The van der Waals surface area contributed by atoms with Crippen LogP contribution in [0.3, 0.4) is 0 Å². The Morgan fingerprint density at radius 1 is 0.317 bits per heavy atom. The average Bonchev–Trinajstić information content (AvgIpc) is 1.58. The molecule has 0 bridgehead atoms. The number of rotatable bonds is 6. The summed E-state index contributed by atoms with van der Waals surface area (Å²) in [6.45, 7) is 14.3. The second kappa shape index (κ2) is 25.4. The van der Waals surface area contributed by atoms with Crippen LogP contribution in [0.4, 0.5) is 68.4 Å². The smallest absolute Gasteiger partial charge is 0.227 e. The number of benzene rings is 7. The molecule has 7 aromatic carbocycles. The minimum Gasteiger partial charge on any atom is -0.435 e. The first kappa shape index (κ1) is 53.7. The zero-order valence-electron chi connectivity index (χ0n) is 70.5. The van der Waals surface area contributed by atoms with Gasteiger partial charge in [-0.25, -0.2) is 24.9 Å². The van der Waals surface area contributed by atoms with Crippen molar-refractivity contribution >= 4 is 157 Å². The highest BCUT2D eigenvalue weighted by Gasteiger charge is 2.41. The van der Waals surface area contributed by atoms with Gasteiger partial charge >= 0.3 is 0 Å². The second-order valence-corrected chi connectivity index (χ2v) is 27.1. The first-order valence-corrected chi connectivity index (χ1v) is 34.9. The van der Waals surface area contributed by atoms with Gasteiger partial charge in [0.2, 0.25) is 22.9 Å². The SMILES string of the molecule is [2H]C(C)(C)N1c2ccccc2N(c2c(C)ccc3c2oc2ncccc23)C1C.[2H]C([2H])([2H])C([2H])(C)N1c2ccccc2N(c2c(C)ccc3c2oc2ncccc23)C1C.[2H]C([2H])([2H])N1c2ccccc2N(c2c(C)ccc3c2oc2ncccc23)C1C.[2H]C([2H])([2H])N1c2cccnc2N(c2c(C)ccc3c2oc2ncccc23)C1C. The Labute approximate surface area is 619 Å². The molecule has 0 aliphatic carbocycles. The fourth-order valence-electron chi connectivity index (χ4n) is 15.9. The van der Waals surface area contributed by atoms with Crippen LogP contribution in [0.5, 0.6) is 0 Å². The number of aromatic nitrogens is 5. The molecular formula is C87H83N13O4. The van der Waals surface area contributed by atoms with Gasteiger partial charge in [-0.15, -0.1) is 0 Å². The number of para-hydroxylation sites is 6. The van der Waals surface area contributed by atoms with Crippen LogP contribution in [0.2, 0.25) is 0 Å². The van der Waals surface area contributed by atoms with E-state index in [9.17, 15) is 0 Å². The van der Waals surface area contributed by atoms with E-state index in [1.807, 2.05) is 200 Å². The maximum absolute atomic E-state index is 8.80. The maximum Gasteiger partial charge on any atom is 0.227 e. The molecule has 0 amide bonds. The molecule has 0 spiro atoms. The topological polar surface area (TPSA) is 143 Å². The Hall–Kier alpha value is -12.1. The summed E-state index contributed by atoms with van der Waals surface area (Å²) in [6, 6.07) is 56.6. The molecule has 17 nitrogen and oxygen atoms in total. The molecule has 5 atom stereocenters. The summed E-state index contributed by atoms with van der Waals surface area (Å²) >= 11 is 0. The van der Waals surface area contributed by atoms with E-state index in [1.54, 1.807) is 48.0 Å². The number of furan rings is 4. The summed E-state index contributed by atoms with van der Waals surface area (Å²) in [6.07, 6.45) is 7.27. The molecule has 20 rings (SSSR count). The van der Waals surface area contributed by atoms with E-state index in [2.05, 4.69) is 88.7 Å². The monoisotopic (exact) mass is 1380 g/mol. The summed E-state index contributed by atoms with van der Waals surface area (Å²) in [5, 5.41) is 7.78. The summed E-state index contributed by atoms with van der Waals surface area (Å²) in [7, 11) is 0. The van der Waals surface area contributed by atoms with Gasteiger partial charge in [0, 0.05) is 112 Å². The van der Waals surface area contributed by atoms with Crippen molar-refractivity contribution in [3.8, 4) is 0 Å². The van der Waals surface area contributed by atoms with E-state index in [-0.39, 0.29) is 6.17 Å². The predicted molar refractivity (Wildman–Crippen MR) is 427 cm³/mol. The largest absolute Gasteiger partial charge is 0.435 e. The minimum atomic E-state index is -2.49. The Bertz CT molecular complexity index is 6050. The maximum atomic E-state index is 8.80. The van der Waals surface area contributed by atoms with Gasteiger partial charge < -0.3 is 56.9 Å². The third kappa shape index (κ3) is 10.2. The van der Waals surface area contributed by atoms with Crippen LogP contribution in [0.1, 0.15) is 92.7 Å². The van der Waals surface area contributed by atoms with E-state index in [0.717, 1.165) is 122 Å². The van der Waals surface area contributed by atoms with E-state index in [1.165, 1.54) is 16.7 Å². The number of fused-ring (bicyclic) bond motifs is 16. The minimum absolute atomic E-state index is 0.0182. The molecular weight excluding hydrogens is 1290 g/mol. The molecule has 0 N–H and O–H groups in total. The van der Waals surface area contributed by atoms with Crippen LogP contribution < -0.4 is 39.2 Å². The van der Waals surface area contributed by atoms with E-state index in [0.29, 0.717) is 56.9 Å². The summed E-state index contributed by atoms with van der Waals surface area (Å²) < 4.78 is 114. The lowest BCUT2D eigenvalue weighted by Gasteiger charge is -2.33. The number of nitrogens with zero attached hydrogens (tertiary/aromatic N) is 13. The molecule has 5 unspecified atom stereocenters. The molecule has 0 fully saturated rings. The molecule has 16 aromatic rings. The van der Waals surface area contributed by atoms with Gasteiger partial charge in [0.1, 0.15) is 24.7 Å². The Balaban J connectivity index is 0.000000111. The van der Waals surface area contributed by atoms with E-state index < -0.39 is 51.3 Å². The van der Waals surface area contributed by atoms with Gasteiger partial charge in [0.05, 0.1) is 65.3 Å². The van der Waals surface area contributed by atoms with Gasteiger partial charge in [0.25, 0.3) is 0 Å². The average molecular weight is 1390 g/mol. The fraction of sp³-hybridized carbons (Fsp3) is 0.230. The van der Waals surface area contributed by atoms with Crippen molar-refractivity contribution in [2.45, 2.75) is 120 Å². The van der Waals surface area contributed by atoms with Crippen LogP contribution in [0.25, 0.3) is 88.3 Å². The highest BCUT2D eigenvalue weighted by atomic mass is 16.4. The second-order valence-electron chi connectivity index (χ2n) is 27.1. The first-order valence-electron chi connectivity index (χ1n) is 40.4. The lowest BCUT2D eigenvalue weighted by molar-refractivity contribution is 0.602. The quantitative estimate of drug-likeness (QED) is 0.156. The Morgan fingerprint density at radius 2 is 0.615 bits per heavy atom. The third-order valence-electron chi connectivity index (χ3n) is 20.6. The zero-order chi connectivity index (χ0) is 81.0. The van der Waals surface area contributed by atoms with Crippen LogP contribution in [0, 0.1) is 27.7 Å². The van der Waals surface area contributed by atoms with Gasteiger partial charge in [-0.2, -0.15) is 0 Å². The number of hydrogen-bond acceptors (Lipinski definition) is 17. The Kier molecular flexibility index (Phi) is 13.1. The summed E-state index contributed by atoms with van der Waals surface area (Å²) in [5.74, 6) is 0.607. The molecule has 13 heterocycles. The Morgan fingerprint density at radius 3 is 0.990 bits per heavy atom. The number of hydrogen-bond donors (Lipinski definition) is 0. The molecule has 4 aliphatic rings. The van der Waals surface area contributed by atoms with Crippen LogP contribution in [-0.4, -0.2) is 75.6 Å². The van der Waals surface area contributed by atoms with Crippen molar-refractivity contribution in [1.82, 2.24) is 24.9 Å². The number of pyridine rings is 5.